The van der Waals surface area contributed by atoms with Crippen molar-refractivity contribution in [2.45, 2.75) is 31.7 Å². The van der Waals surface area contributed by atoms with Gasteiger partial charge in [-0.1, -0.05) is 0 Å². The smallest absolute Gasteiger partial charge is 0.279 e. The van der Waals surface area contributed by atoms with Gasteiger partial charge in [0.05, 0.1) is 0 Å². The molecule has 0 bridgehead atoms. The molecule has 1 saturated heterocycles. The van der Waals surface area contributed by atoms with Crippen LogP contribution in [0.5, 0.6) is 0 Å². The zero-order valence-corrected chi connectivity index (χ0v) is 13.5. The van der Waals surface area contributed by atoms with E-state index >= 15 is 0 Å². The lowest BCUT2D eigenvalue weighted by atomic mass is 10.0. The highest BCUT2D eigenvalue weighted by atomic mass is 32.2. The van der Waals surface area contributed by atoms with Crippen molar-refractivity contribution in [3.63, 3.8) is 0 Å². The molecule has 10 heteroatoms. The van der Waals surface area contributed by atoms with Gasteiger partial charge in [0.25, 0.3) is 16.1 Å². The fraction of sp³-hybridized carbons (Fsp3) is 0.750. The Labute approximate surface area is 129 Å². The van der Waals surface area contributed by atoms with Gasteiger partial charge in [0.15, 0.2) is 0 Å². The summed E-state index contributed by atoms with van der Waals surface area (Å²) in [7, 11) is -0.516. The van der Waals surface area contributed by atoms with E-state index in [-0.39, 0.29) is 24.3 Å². The van der Waals surface area contributed by atoms with Crippen LogP contribution in [-0.2, 0) is 19.8 Å². The van der Waals surface area contributed by atoms with E-state index in [1.54, 1.807) is 4.90 Å². The molecule has 0 saturated carbocycles. The van der Waals surface area contributed by atoms with E-state index in [1.165, 1.54) is 14.1 Å². The minimum atomic E-state index is -3.45. The van der Waals surface area contributed by atoms with E-state index in [0.717, 1.165) is 4.31 Å². The Hall–Kier alpha value is -1.52. The molecule has 2 rings (SSSR count). The lowest BCUT2D eigenvalue weighted by molar-refractivity contribution is -0.125. The van der Waals surface area contributed by atoms with Gasteiger partial charge in [-0.05, 0) is 12.8 Å². The highest BCUT2D eigenvalue weighted by Crippen LogP contribution is 2.14. The molecular formula is C12H21N5O4S. The Morgan fingerprint density at radius 1 is 1.32 bits per heavy atom. The van der Waals surface area contributed by atoms with Crippen LogP contribution in [0.15, 0.2) is 5.10 Å². The maximum atomic E-state index is 12.3. The molecule has 2 amide bonds. The van der Waals surface area contributed by atoms with Crippen LogP contribution >= 0.6 is 0 Å². The second-order valence-corrected chi connectivity index (χ2v) is 7.48. The third-order valence-electron chi connectivity index (χ3n) is 3.73. The van der Waals surface area contributed by atoms with E-state index in [9.17, 15) is 18.0 Å². The molecule has 0 unspecified atom stereocenters. The fourth-order valence-corrected chi connectivity index (χ4v) is 3.20. The Morgan fingerprint density at radius 3 is 2.45 bits per heavy atom. The fourth-order valence-electron chi connectivity index (χ4n) is 2.33. The van der Waals surface area contributed by atoms with Gasteiger partial charge in [0, 0.05) is 46.1 Å². The van der Waals surface area contributed by atoms with Gasteiger partial charge in [-0.25, -0.2) is 5.43 Å². The number of nitrogens with zero attached hydrogens (tertiary/aromatic N) is 3. The van der Waals surface area contributed by atoms with Gasteiger partial charge in [-0.15, -0.1) is 0 Å². The molecule has 22 heavy (non-hydrogen) atoms. The van der Waals surface area contributed by atoms with Crippen molar-refractivity contribution in [3.8, 4) is 0 Å². The van der Waals surface area contributed by atoms with Crippen LogP contribution in [0.4, 0.5) is 0 Å². The molecule has 0 aromatic heterocycles. The monoisotopic (exact) mass is 331 g/mol. The number of amides is 2. The molecule has 2 N–H and O–H groups in total. The maximum absolute atomic E-state index is 12.3. The largest absolute Gasteiger partial charge is 0.337 e. The van der Waals surface area contributed by atoms with Crippen molar-refractivity contribution in [1.82, 2.24) is 19.4 Å². The normalized spacial score (nSPS) is 20.8. The van der Waals surface area contributed by atoms with E-state index in [2.05, 4.69) is 15.2 Å². The van der Waals surface area contributed by atoms with Gasteiger partial charge in [0.1, 0.15) is 5.71 Å². The number of carbonyl (C=O) groups excluding carboxylic acids is 2. The third-order valence-corrected chi connectivity index (χ3v) is 5.32. The van der Waals surface area contributed by atoms with Gasteiger partial charge in [-0.3, -0.25) is 9.59 Å². The molecule has 0 radical (unpaired) electrons. The first-order valence-corrected chi connectivity index (χ1v) is 8.58. The molecule has 0 spiro atoms. The highest BCUT2D eigenvalue weighted by Gasteiger charge is 2.29. The molecule has 2 aliphatic heterocycles. The Kier molecular flexibility index (Phi) is 5.14. The number of likely N-dealkylation sites (tertiary alicyclic amines) is 1. The number of hydrogen-bond acceptors (Lipinski definition) is 5. The number of piperidine rings is 1. The lowest BCUT2D eigenvalue weighted by Gasteiger charge is -2.33. The van der Waals surface area contributed by atoms with Crippen LogP contribution in [-0.4, -0.2) is 68.4 Å². The quantitative estimate of drug-likeness (QED) is 0.662. The Morgan fingerprint density at radius 2 is 1.95 bits per heavy atom. The number of carbonyl (C=O) groups is 2. The zero-order valence-electron chi connectivity index (χ0n) is 12.7. The summed E-state index contributed by atoms with van der Waals surface area (Å²) in [5.74, 6) is -0.373. The summed E-state index contributed by atoms with van der Waals surface area (Å²) in [6, 6.07) is -0.176. The molecule has 124 valence electrons. The number of hydrazone groups is 1. The second kappa shape index (κ2) is 6.71. The van der Waals surface area contributed by atoms with E-state index in [1.807, 2.05) is 0 Å². The topological polar surface area (TPSA) is 111 Å². The lowest BCUT2D eigenvalue weighted by Crippen LogP contribution is -2.50. The van der Waals surface area contributed by atoms with Crippen LogP contribution in [0.25, 0.3) is 0 Å². The summed E-state index contributed by atoms with van der Waals surface area (Å²) in [5.41, 5.74) is 2.66. The van der Waals surface area contributed by atoms with E-state index in [0.29, 0.717) is 38.1 Å². The molecule has 2 aliphatic rings. The Balaban J connectivity index is 1.87. The van der Waals surface area contributed by atoms with Gasteiger partial charge in [-0.2, -0.15) is 22.5 Å². The first-order valence-electron chi connectivity index (χ1n) is 7.14. The summed E-state index contributed by atoms with van der Waals surface area (Å²) < 4.78 is 27.3. The first-order chi connectivity index (χ1) is 10.3. The number of hydrogen-bond donors (Lipinski definition) is 2. The molecule has 1 fully saturated rings. The molecule has 0 aromatic carbocycles. The van der Waals surface area contributed by atoms with Crippen LogP contribution in [0.1, 0.15) is 25.7 Å². The Bertz CT molecular complexity index is 578. The molecule has 0 aromatic rings. The minimum absolute atomic E-state index is 0.176. The first kappa shape index (κ1) is 16.8. The van der Waals surface area contributed by atoms with Crippen molar-refractivity contribution in [2.24, 2.45) is 5.10 Å². The maximum Gasteiger partial charge on any atom is 0.279 e. The summed E-state index contributed by atoms with van der Waals surface area (Å²) in [4.78, 5) is 24.9. The standard InChI is InChI=1S/C12H21N5O4S/c1-16(2)22(20,21)15-9-5-7-17(8-6-9)12(19)10-3-4-11(18)14-13-10/h9,15H,3-8H2,1-2H3,(H,14,18). The van der Waals surface area contributed by atoms with Gasteiger partial charge >= 0.3 is 0 Å². The van der Waals surface area contributed by atoms with Gasteiger partial charge < -0.3 is 4.90 Å². The molecule has 0 aliphatic carbocycles. The summed E-state index contributed by atoms with van der Waals surface area (Å²) in [6.45, 7) is 0.929. The minimum Gasteiger partial charge on any atom is -0.337 e. The van der Waals surface area contributed by atoms with Crippen molar-refractivity contribution < 1.29 is 18.0 Å². The third kappa shape index (κ3) is 4.02. The van der Waals surface area contributed by atoms with Crippen molar-refractivity contribution in [3.05, 3.63) is 0 Å². The van der Waals surface area contributed by atoms with Crippen LogP contribution in [0, 0.1) is 0 Å². The van der Waals surface area contributed by atoms with E-state index in [4.69, 9.17) is 0 Å². The van der Waals surface area contributed by atoms with Crippen LogP contribution < -0.4 is 10.1 Å². The zero-order chi connectivity index (χ0) is 16.3. The van der Waals surface area contributed by atoms with Crippen molar-refractivity contribution in [1.29, 1.82) is 0 Å². The van der Waals surface area contributed by atoms with Crippen LogP contribution in [0.2, 0.25) is 0 Å². The van der Waals surface area contributed by atoms with Crippen LogP contribution in [0.3, 0.4) is 0 Å². The van der Waals surface area contributed by atoms with Crippen molar-refractivity contribution >= 4 is 27.7 Å². The average Bonchev–Trinajstić information content (AvgIpc) is 2.47. The summed E-state index contributed by atoms with van der Waals surface area (Å²) >= 11 is 0. The van der Waals surface area contributed by atoms with Gasteiger partial charge in [0.2, 0.25) is 5.91 Å². The molecule has 0 atom stereocenters. The predicted molar refractivity (Wildman–Crippen MR) is 80.2 cm³/mol. The average molecular weight is 331 g/mol. The predicted octanol–water partition coefficient (Wildman–Crippen LogP) is -1.36. The molecule has 2 heterocycles. The second-order valence-electron chi connectivity index (χ2n) is 5.57. The SMILES string of the molecule is CN(C)S(=O)(=O)NC1CCN(C(=O)C2=NNC(=O)CC2)CC1. The summed E-state index contributed by atoms with van der Waals surface area (Å²) in [5, 5.41) is 3.79. The van der Waals surface area contributed by atoms with E-state index < -0.39 is 10.2 Å². The molecular weight excluding hydrogens is 310 g/mol. The van der Waals surface area contributed by atoms with Crippen molar-refractivity contribution in [2.75, 3.05) is 27.2 Å². The summed E-state index contributed by atoms with van der Waals surface area (Å²) in [6.07, 6.45) is 1.72. The highest BCUT2D eigenvalue weighted by molar-refractivity contribution is 7.87. The molecule has 9 nitrogen and oxygen atoms in total. The number of nitrogens with one attached hydrogen (secondary N) is 2. The number of rotatable bonds is 4.